The van der Waals surface area contributed by atoms with E-state index in [1.165, 1.54) is 0 Å². The SMILES string of the molecule is CC1N=C(N(C)C)NC(N(C)c2cc[nH]c2)=N1. The standard InChI is InChI=1S/C11H18N6/c1-8-13-10(16(2)3)15-11(14-8)17(4)9-5-6-12-7-9/h5-8,12H,1-4H3,(H,13,14,15). The molecule has 1 aliphatic heterocycles. The van der Waals surface area contributed by atoms with Crippen molar-refractivity contribution in [1.82, 2.24) is 15.2 Å². The number of hydrogen-bond acceptors (Lipinski definition) is 5. The fourth-order valence-electron chi connectivity index (χ4n) is 1.59. The summed E-state index contributed by atoms with van der Waals surface area (Å²) in [6.45, 7) is 1.97. The summed E-state index contributed by atoms with van der Waals surface area (Å²) >= 11 is 0. The summed E-state index contributed by atoms with van der Waals surface area (Å²) in [4.78, 5) is 15.8. The number of H-pyrrole nitrogens is 1. The summed E-state index contributed by atoms with van der Waals surface area (Å²) in [5.74, 6) is 1.63. The Balaban J connectivity index is 2.18. The second kappa shape index (κ2) is 4.48. The molecule has 2 rings (SSSR count). The van der Waals surface area contributed by atoms with E-state index in [2.05, 4.69) is 20.3 Å². The highest BCUT2D eigenvalue weighted by Crippen LogP contribution is 2.12. The Morgan fingerprint density at radius 3 is 2.47 bits per heavy atom. The van der Waals surface area contributed by atoms with Crippen LogP contribution in [0.1, 0.15) is 6.92 Å². The lowest BCUT2D eigenvalue weighted by atomic mass is 10.4. The van der Waals surface area contributed by atoms with Crippen LogP contribution in [0.4, 0.5) is 5.69 Å². The smallest absolute Gasteiger partial charge is 0.207 e. The van der Waals surface area contributed by atoms with Crippen LogP contribution in [0.2, 0.25) is 0 Å². The lowest BCUT2D eigenvalue weighted by Crippen LogP contribution is -2.50. The van der Waals surface area contributed by atoms with E-state index in [0.29, 0.717) is 0 Å². The molecule has 0 radical (unpaired) electrons. The number of aromatic nitrogens is 1. The van der Waals surface area contributed by atoms with Crippen molar-refractivity contribution < 1.29 is 0 Å². The highest BCUT2D eigenvalue weighted by Gasteiger charge is 2.18. The molecule has 1 aromatic heterocycles. The molecule has 0 bridgehead atoms. The first kappa shape index (κ1) is 11.5. The van der Waals surface area contributed by atoms with Gasteiger partial charge in [0.1, 0.15) is 6.17 Å². The van der Waals surface area contributed by atoms with E-state index in [1.54, 1.807) is 0 Å². The van der Waals surface area contributed by atoms with Crippen LogP contribution in [0.15, 0.2) is 28.4 Å². The molecule has 1 aliphatic rings. The largest absolute Gasteiger partial charge is 0.366 e. The molecular weight excluding hydrogens is 216 g/mol. The normalized spacial score (nSPS) is 19.2. The van der Waals surface area contributed by atoms with Gasteiger partial charge in [0.25, 0.3) is 0 Å². The van der Waals surface area contributed by atoms with Crippen molar-refractivity contribution >= 4 is 17.6 Å². The van der Waals surface area contributed by atoms with Gasteiger partial charge < -0.3 is 14.8 Å². The number of nitrogens with zero attached hydrogens (tertiary/aromatic N) is 4. The van der Waals surface area contributed by atoms with Gasteiger partial charge >= 0.3 is 0 Å². The van der Waals surface area contributed by atoms with E-state index in [4.69, 9.17) is 0 Å². The van der Waals surface area contributed by atoms with Crippen LogP contribution in [0.5, 0.6) is 0 Å². The van der Waals surface area contributed by atoms with Crippen LogP contribution in [-0.4, -0.2) is 49.1 Å². The van der Waals surface area contributed by atoms with Gasteiger partial charge in [-0.05, 0) is 13.0 Å². The van der Waals surface area contributed by atoms with Crippen molar-refractivity contribution in [1.29, 1.82) is 0 Å². The predicted octanol–water partition coefficient (Wildman–Crippen LogP) is 0.674. The van der Waals surface area contributed by atoms with Crippen LogP contribution in [0.25, 0.3) is 0 Å². The minimum absolute atomic E-state index is 0.0648. The lowest BCUT2D eigenvalue weighted by Gasteiger charge is -2.28. The lowest BCUT2D eigenvalue weighted by molar-refractivity contribution is 0.581. The molecule has 6 heteroatoms. The number of nitrogens with one attached hydrogen (secondary N) is 2. The number of guanidine groups is 2. The summed E-state index contributed by atoms with van der Waals surface area (Å²) < 4.78 is 0. The van der Waals surface area contributed by atoms with E-state index >= 15 is 0 Å². The molecule has 2 N–H and O–H groups in total. The quantitative estimate of drug-likeness (QED) is 0.751. The molecule has 0 aliphatic carbocycles. The van der Waals surface area contributed by atoms with Gasteiger partial charge in [0, 0.05) is 33.5 Å². The Kier molecular flexibility index (Phi) is 3.03. The maximum Gasteiger partial charge on any atom is 0.207 e. The summed E-state index contributed by atoms with van der Waals surface area (Å²) in [5, 5.41) is 3.21. The van der Waals surface area contributed by atoms with Crippen LogP contribution in [0, 0.1) is 0 Å². The van der Waals surface area contributed by atoms with E-state index < -0.39 is 0 Å². The molecule has 0 spiro atoms. The van der Waals surface area contributed by atoms with Crippen molar-refractivity contribution in [3.8, 4) is 0 Å². The molecule has 0 saturated carbocycles. The Morgan fingerprint density at radius 1 is 1.18 bits per heavy atom. The molecule has 17 heavy (non-hydrogen) atoms. The van der Waals surface area contributed by atoms with Gasteiger partial charge in [-0.25, -0.2) is 9.98 Å². The first-order chi connectivity index (χ1) is 8.08. The monoisotopic (exact) mass is 234 g/mol. The number of anilines is 1. The fraction of sp³-hybridized carbons (Fsp3) is 0.455. The minimum atomic E-state index is -0.0648. The zero-order valence-corrected chi connectivity index (χ0v) is 10.6. The summed E-state index contributed by atoms with van der Waals surface area (Å²) in [6.07, 6.45) is 3.75. The number of hydrogen-bond donors (Lipinski definition) is 2. The second-order valence-electron chi connectivity index (χ2n) is 4.18. The molecule has 0 saturated heterocycles. The van der Waals surface area contributed by atoms with Crippen molar-refractivity contribution in [2.24, 2.45) is 9.98 Å². The average Bonchev–Trinajstić information content (AvgIpc) is 2.80. The van der Waals surface area contributed by atoms with Crippen LogP contribution in [0.3, 0.4) is 0 Å². The Morgan fingerprint density at radius 2 is 1.88 bits per heavy atom. The molecule has 2 heterocycles. The van der Waals surface area contributed by atoms with Gasteiger partial charge in [-0.15, -0.1) is 0 Å². The van der Waals surface area contributed by atoms with E-state index in [0.717, 1.165) is 17.6 Å². The molecule has 0 fully saturated rings. The third-order valence-electron chi connectivity index (χ3n) is 2.55. The van der Waals surface area contributed by atoms with Crippen molar-refractivity contribution in [2.45, 2.75) is 13.1 Å². The molecule has 6 nitrogen and oxygen atoms in total. The van der Waals surface area contributed by atoms with Gasteiger partial charge in [0.2, 0.25) is 11.9 Å². The second-order valence-corrected chi connectivity index (χ2v) is 4.18. The zero-order chi connectivity index (χ0) is 12.4. The highest BCUT2D eigenvalue weighted by molar-refractivity contribution is 6.07. The maximum atomic E-state index is 4.47. The first-order valence-electron chi connectivity index (χ1n) is 5.54. The Bertz CT molecular complexity index is 431. The molecule has 1 aromatic rings. The van der Waals surface area contributed by atoms with Gasteiger partial charge in [0.15, 0.2) is 0 Å². The maximum absolute atomic E-state index is 4.47. The van der Waals surface area contributed by atoms with Gasteiger partial charge in [-0.3, -0.25) is 5.32 Å². The minimum Gasteiger partial charge on any atom is -0.366 e. The van der Waals surface area contributed by atoms with Crippen LogP contribution < -0.4 is 10.2 Å². The van der Waals surface area contributed by atoms with Gasteiger partial charge in [-0.2, -0.15) is 0 Å². The van der Waals surface area contributed by atoms with Gasteiger partial charge in [0.05, 0.1) is 5.69 Å². The van der Waals surface area contributed by atoms with Gasteiger partial charge in [-0.1, -0.05) is 0 Å². The molecule has 92 valence electrons. The predicted molar refractivity (Wildman–Crippen MR) is 70.4 cm³/mol. The highest BCUT2D eigenvalue weighted by atomic mass is 15.4. The fourth-order valence-corrected chi connectivity index (χ4v) is 1.59. The molecule has 1 unspecified atom stereocenters. The average molecular weight is 234 g/mol. The third kappa shape index (κ3) is 2.41. The summed E-state index contributed by atoms with van der Waals surface area (Å²) in [6, 6.07) is 2.00. The topological polar surface area (TPSA) is 59.0 Å². The summed E-state index contributed by atoms with van der Waals surface area (Å²) in [5.41, 5.74) is 1.06. The van der Waals surface area contributed by atoms with Crippen molar-refractivity contribution in [2.75, 3.05) is 26.0 Å². The third-order valence-corrected chi connectivity index (χ3v) is 2.55. The van der Waals surface area contributed by atoms with E-state index in [9.17, 15) is 0 Å². The van der Waals surface area contributed by atoms with Crippen molar-refractivity contribution in [3.05, 3.63) is 18.5 Å². The molecule has 0 aromatic carbocycles. The Hall–Kier alpha value is -1.98. The Labute approximate surface area is 101 Å². The zero-order valence-electron chi connectivity index (χ0n) is 10.6. The number of rotatable bonds is 1. The molecular formula is C11H18N6. The van der Waals surface area contributed by atoms with Crippen LogP contribution >= 0.6 is 0 Å². The number of aliphatic imine (C=N–C) groups is 2. The first-order valence-corrected chi connectivity index (χ1v) is 5.54. The summed E-state index contributed by atoms with van der Waals surface area (Å²) in [7, 11) is 5.88. The van der Waals surface area contributed by atoms with Crippen molar-refractivity contribution in [3.63, 3.8) is 0 Å². The van der Waals surface area contributed by atoms with Crippen LogP contribution in [-0.2, 0) is 0 Å². The molecule has 0 amide bonds. The van der Waals surface area contributed by atoms with E-state index in [-0.39, 0.29) is 6.17 Å². The molecule has 1 atom stereocenters. The number of aromatic amines is 1. The van der Waals surface area contributed by atoms with E-state index in [1.807, 2.05) is 56.3 Å².